The Morgan fingerprint density at radius 3 is 2.52 bits per heavy atom. The van der Waals surface area contributed by atoms with Crippen molar-refractivity contribution in [3.63, 3.8) is 0 Å². The third-order valence-corrected chi connectivity index (χ3v) is 4.42. The molecule has 2 aromatic rings. The number of nitrogens with zero attached hydrogens (tertiary/aromatic N) is 3. The molecule has 0 aliphatic carbocycles. The zero-order chi connectivity index (χ0) is 14.5. The molecule has 0 radical (unpaired) electrons. The smallest absolute Gasteiger partial charge is 0.0819 e. The van der Waals surface area contributed by atoms with Crippen LogP contribution in [0.2, 0.25) is 0 Å². The summed E-state index contributed by atoms with van der Waals surface area (Å²) in [7, 11) is 0. The lowest BCUT2D eigenvalue weighted by molar-refractivity contribution is 0.0577. The van der Waals surface area contributed by atoms with Crippen molar-refractivity contribution in [3.05, 3.63) is 54.4 Å². The fraction of sp³-hybridized carbons (Fsp3) is 0.471. The summed E-state index contributed by atoms with van der Waals surface area (Å²) in [4.78, 5) is 2.47. The van der Waals surface area contributed by atoms with E-state index in [0.717, 1.165) is 44.6 Å². The first-order valence-corrected chi connectivity index (χ1v) is 7.76. The summed E-state index contributed by atoms with van der Waals surface area (Å²) in [6.45, 7) is 4.11. The minimum Gasteiger partial charge on any atom is -0.388 e. The van der Waals surface area contributed by atoms with Gasteiger partial charge in [0.2, 0.25) is 0 Å². The maximum atomic E-state index is 10.5. The van der Waals surface area contributed by atoms with Gasteiger partial charge >= 0.3 is 0 Å². The van der Waals surface area contributed by atoms with E-state index in [1.165, 1.54) is 0 Å². The Balaban J connectivity index is 1.46. The van der Waals surface area contributed by atoms with Gasteiger partial charge in [0.05, 0.1) is 12.6 Å². The van der Waals surface area contributed by atoms with E-state index in [1.54, 1.807) is 0 Å². The van der Waals surface area contributed by atoms with Crippen molar-refractivity contribution in [1.29, 1.82) is 0 Å². The summed E-state index contributed by atoms with van der Waals surface area (Å²) in [5.41, 5.74) is 1.05. The number of aromatic nitrogens is 2. The zero-order valence-corrected chi connectivity index (χ0v) is 12.3. The predicted molar refractivity (Wildman–Crippen MR) is 82.8 cm³/mol. The summed E-state index contributed by atoms with van der Waals surface area (Å²) in [5.74, 6) is 0.383. The summed E-state index contributed by atoms with van der Waals surface area (Å²) >= 11 is 0. The van der Waals surface area contributed by atoms with Gasteiger partial charge in [-0.15, -0.1) is 0 Å². The highest BCUT2D eigenvalue weighted by atomic mass is 16.3. The average molecular weight is 285 g/mol. The first-order chi connectivity index (χ1) is 10.3. The van der Waals surface area contributed by atoms with E-state index in [9.17, 15) is 5.11 Å². The van der Waals surface area contributed by atoms with Crippen LogP contribution in [0.3, 0.4) is 0 Å². The second-order valence-corrected chi connectivity index (χ2v) is 5.80. The minimum atomic E-state index is -0.320. The lowest BCUT2D eigenvalue weighted by Crippen LogP contribution is -2.37. The van der Waals surface area contributed by atoms with Gasteiger partial charge in [-0.25, -0.2) is 0 Å². The molecular formula is C17H23N3O. The molecule has 1 aliphatic rings. The molecule has 1 N–H and O–H groups in total. The van der Waals surface area contributed by atoms with Crippen molar-refractivity contribution in [3.8, 4) is 0 Å². The molecular weight excluding hydrogens is 262 g/mol. The maximum absolute atomic E-state index is 10.5. The van der Waals surface area contributed by atoms with E-state index < -0.39 is 0 Å². The van der Waals surface area contributed by atoms with Gasteiger partial charge in [-0.3, -0.25) is 4.68 Å². The Morgan fingerprint density at radius 2 is 1.86 bits per heavy atom. The molecule has 3 rings (SSSR count). The number of aliphatic hydroxyl groups excluding tert-OH is 1. The van der Waals surface area contributed by atoms with Gasteiger partial charge in [0.1, 0.15) is 0 Å². The van der Waals surface area contributed by atoms with Crippen molar-refractivity contribution < 1.29 is 5.11 Å². The van der Waals surface area contributed by atoms with Crippen molar-refractivity contribution in [1.82, 2.24) is 14.7 Å². The predicted octanol–water partition coefficient (Wildman–Crippen LogP) is 2.33. The fourth-order valence-electron chi connectivity index (χ4n) is 3.09. The molecule has 112 valence electrons. The number of aliphatic hydroxyl groups is 1. The van der Waals surface area contributed by atoms with Gasteiger partial charge < -0.3 is 10.0 Å². The van der Waals surface area contributed by atoms with Crippen LogP contribution in [0, 0.1) is 5.92 Å². The van der Waals surface area contributed by atoms with E-state index in [-0.39, 0.29) is 6.10 Å². The minimum absolute atomic E-state index is 0.320. The molecule has 1 atom stereocenters. The van der Waals surface area contributed by atoms with Gasteiger partial charge in [-0.1, -0.05) is 30.3 Å². The molecule has 1 fully saturated rings. The molecule has 1 aromatic heterocycles. The van der Waals surface area contributed by atoms with Crippen molar-refractivity contribution in [2.45, 2.75) is 25.5 Å². The number of likely N-dealkylation sites (tertiary alicyclic amines) is 1. The quantitative estimate of drug-likeness (QED) is 0.916. The third kappa shape index (κ3) is 3.71. The number of benzene rings is 1. The largest absolute Gasteiger partial charge is 0.388 e. The number of hydrogen-bond acceptors (Lipinski definition) is 3. The Labute approximate surface area is 126 Å². The molecule has 0 amide bonds. The topological polar surface area (TPSA) is 41.3 Å². The van der Waals surface area contributed by atoms with Crippen LogP contribution in [0.4, 0.5) is 0 Å². The van der Waals surface area contributed by atoms with Crippen LogP contribution in [-0.2, 0) is 6.54 Å². The highest BCUT2D eigenvalue weighted by Crippen LogP contribution is 2.30. The lowest BCUT2D eigenvalue weighted by atomic mass is 9.87. The standard InChI is InChI=1S/C17H23N3O/c21-17(15-5-2-1-3-6-15)16-7-11-19(12-8-16)13-14-20-10-4-9-18-20/h1-6,9-10,16-17,21H,7-8,11-14H2. The Kier molecular flexibility index (Phi) is 4.68. The summed E-state index contributed by atoms with van der Waals surface area (Å²) in [6, 6.07) is 12.0. The van der Waals surface area contributed by atoms with Crippen LogP contribution in [0.25, 0.3) is 0 Å². The second kappa shape index (κ2) is 6.87. The molecule has 4 heteroatoms. The number of piperidine rings is 1. The maximum Gasteiger partial charge on any atom is 0.0819 e. The van der Waals surface area contributed by atoms with E-state index in [0.29, 0.717) is 5.92 Å². The fourth-order valence-corrected chi connectivity index (χ4v) is 3.09. The van der Waals surface area contributed by atoms with Crippen molar-refractivity contribution >= 4 is 0 Å². The molecule has 1 aromatic carbocycles. The first kappa shape index (κ1) is 14.3. The summed E-state index contributed by atoms with van der Waals surface area (Å²) in [5, 5.41) is 14.7. The Hall–Kier alpha value is -1.65. The van der Waals surface area contributed by atoms with Gasteiger partial charge in [0.15, 0.2) is 0 Å². The molecule has 0 bridgehead atoms. The zero-order valence-electron chi connectivity index (χ0n) is 12.3. The molecule has 4 nitrogen and oxygen atoms in total. The third-order valence-electron chi connectivity index (χ3n) is 4.42. The Bertz CT molecular complexity index is 518. The van der Waals surface area contributed by atoms with Crippen LogP contribution in [0.15, 0.2) is 48.8 Å². The molecule has 21 heavy (non-hydrogen) atoms. The van der Waals surface area contributed by atoms with Crippen LogP contribution >= 0.6 is 0 Å². The first-order valence-electron chi connectivity index (χ1n) is 7.76. The van der Waals surface area contributed by atoms with E-state index >= 15 is 0 Å². The van der Waals surface area contributed by atoms with Gasteiger partial charge in [-0.05, 0) is 43.5 Å². The van der Waals surface area contributed by atoms with Crippen LogP contribution in [0.1, 0.15) is 24.5 Å². The van der Waals surface area contributed by atoms with Crippen LogP contribution in [-0.4, -0.2) is 39.4 Å². The monoisotopic (exact) mass is 285 g/mol. The van der Waals surface area contributed by atoms with E-state index in [4.69, 9.17) is 0 Å². The van der Waals surface area contributed by atoms with E-state index in [1.807, 2.05) is 53.5 Å². The van der Waals surface area contributed by atoms with E-state index in [2.05, 4.69) is 10.00 Å². The lowest BCUT2D eigenvalue weighted by Gasteiger charge is -2.34. The highest BCUT2D eigenvalue weighted by Gasteiger charge is 2.25. The number of hydrogen-bond donors (Lipinski definition) is 1. The molecule has 1 aliphatic heterocycles. The average Bonchev–Trinajstić information content (AvgIpc) is 3.07. The van der Waals surface area contributed by atoms with Crippen LogP contribution < -0.4 is 0 Å². The SMILES string of the molecule is OC(c1ccccc1)C1CCN(CCn2cccn2)CC1. The number of rotatable bonds is 5. The highest BCUT2D eigenvalue weighted by molar-refractivity contribution is 5.18. The van der Waals surface area contributed by atoms with Crippen molar-refractivity contribution in [2.24, 2.45) is 5.92 Å². The van der Waals surface area contributed by atoms with Gasteiger partial charge in [0, 0.05) is 18.9 Å². The van der Waals surface area contributed by atoms with Gasteiger partial charge in [0.25, 0.3) is 0 Å². The van der Waals surface area contributed by atoms with Crippen molar-refractivity contribution in [2.75, 3.05) is 19.6 Å². The molecule has 0 saturated carbocycles. The Morgan fingerprint density at radius 1 is 1.10 bits per heavy atom. The second-order valence-electron chi connectivity index (χ2n) is 5.80. The van der Waals surface area contributed by atoms with Crippen LogP contribution in [0.5, 0.6) is 0 Å². The normalized spacial score (nSPS) is 18.7. The molecule has 1 unspecified atom stereocenters. The molecule has 0 spiro atoms. The van der Waals surface area contributed by atoms with Gasteiger partial charge in [-0.2, -0.15) is 5.10 Å². The summed E-state index contributed by atoms with van der Waals surface area (Å²) < 4.78 is 1.98. The summed E-state index contributed by atoms with van der Waals surface area (Å²) in [6.07, 6.45) is 5.64. The molecule has 2 heterocycles. The molecule has 1 saturated heterocycles.